The van der Waals surface area contributed by atoms with Crippen LogP contribution in [0.4, 0.5) is 0 Å². The molecule has 2 heterocycles. The number of carbonyl (C=O) groups is 1. The average molecular weight is 327 g/mol. The van der Waals surface area contributed by atoms with Crippen LogP contribution >= 0.6 is 0 Å². The topological polar surface area (TPSA) is 65.2 Å². The Morgan fingerprint density at radius 2 is 2.17 bits per heavy atom. The molecule has 3 rings (SSSR count). The number of rotatable bonds is 5. The summed E-state index contributed by atoms with van der Waals surface area (Å²) >= 11 is 0. The number of benzene rings is 1. The number of aromatic amines is 1. The van der Waals surface area contributed by atoms with Crippen molar-refractivity contribution in [3.63, 3.8) is 0 Å². The fourth-order valence-electron chi connectivity index (χ4n) is 3.41. The number of hydrogen-bond acceptors (Lipinski definition) is 3. The zero-order valence-corrected chi connectivity index (χ0v) is 14.3. The van der Waals surface area contributed by atoms with Gasteiger partial charge in [-0.25, -0.2) is 0 Å². The zero-order valence-electron chi connectivity index (χ0n) is 14.3. The number of hydrogen-bond donors (Lipinski definition) is 2. The molecule has 2 N–H and O–H groups in total. The van der Waals surface area contributed by atoms with E-state index in [1.54, 1.807) is 6.07 Å². The summed E-state index contributed by atoms with van der Waals surface area (Å²) in [7, 11) is 0. The highest BCUT2D eigenvalue weighted by Gasteiger charge is 2.23. The first kappa shape index (κ1) is 16.7. The van der Waals surface area contributed by atoms with E-state index in [9.17, 15) is 9.59 Å². The SMILES string of the molecule is CC(C)CN1CCC(CNC(=O)c2cc(=O)c3ccccc3[nH]2)C1. The zero-order chi connectivity index (χ0) is 17.1. The van der Waals surface area contributed by atoms with Gasteiger partial charge in [0.05, 0.1) is 0 Å². The van der Waals surface area contributed by atoms with Crippen molar-refractivity contribution in [2.24, 2.45) is 11.8 Å². The molecule has 2 aromatic rings. The van der Waals surface area contributed by atoms with Gasteiger partial charge in [-0.3, -0.25) is 9.59 Å². The molecule has 1 aromatic carbocycles. The number of H-pyrrole nitrogens is 1. The van der Waals surface area contributed by atoms with E-state index in [1.807, 2.05) is 18.2 Å². The molecule has 0 bridgehead atoms. The van der Waals surface area contributed by atoms with Crippen LogP contribution in [-0.4, -0.2) is 42.0 Å². The number of pyridine rings is 1. The Balaban J connectivity index is 1.61. The molecule has 24 heavy (non-hydrogen) atoms. The number of aromatic nitrogens is 1. The van der Waals surface area contributed by atoms with Gasteiger partial charge in [-0.15, -0.1) is 0 Å². The largest absolute Gasteiger partial charge is 0.350 e. The van der Waals surface area contributed by atoms with Crippen molar-refractivity contribution in [1.82, 2.24) is 15.2 Å². The van der Waals surface area contributed by atoms with Crippen LogP contribution in [0.3, 0.4) is 0 Å². The molecule has 128 valence electrons. The maximum atomic E-state index is 12.4. The Bertz CT molecular complexity index is 782. The van der Waals surface area contributed by atoms with Gasteiger partial charge < -0.3 is 15.2 Å². The van der Waals surface area contributed by atoms with Crippen molar-refractivity contribution in [3.8, 4) is 0 Å². The summed E-state index contributed by atoms with van der Waals surface area (Å²) in [6.45, 7) is 8.36. The molecule has 5 nitrogen and oxygen atoms in total. The first-order valence-corrected chi connectivity index (χ1v) is 8.65. The van der Waals surface area contributed by atoms with Gasteiger partial charge in [0.25, 0.3) is 5.91 Å². The highest BCUT2D eigenvalue weighted by Crippen LogP contribution is 2.16. The second kappa shape index (κ2) is 7.18. The number of likely N-dealkylation sites (tertiary alicyclic amines) is 1. The molecule has 0 aliphatic carbocycles. The minimum Gasteiger partial charge on any atom is -0.350 e. The lowest BCUT2D eigenvalue weighted by Crippen LogP contribution is -2.32. The fourth-order valence-corrected chi connectivity index (χ4v) is 3.41. The second-order valence-electron chi connectivity index (χ2n) is 7.11. The van der Waals surface area contributed by atoms with Gasteiger partial charge in [0.2, 0.25) is 0 Å². The summed E-state index contributed by atoms with van der Waals surface area (Å²) in [6, 6.07) is 8.63. The maximum Gasteiger partial charge on any atom is 0.267 e. The lowest BCUT2D eigenvalue weighted by Gasteiger charge is -2.18. The summed E-state index contributed by atoms with van der Waals surface area (Å²) < 4.78 is 0. The summed E-state index contributed by atoms with van der Waals surface area (Å²) in [5.74, 6) is 0.945. The van der Waals surface area contributed by atoms with Gasteiger partial charge in [0, 0.05) is 36.6 Å². The van der Waals surface area contributed by atoms with Gasteiger partial charge in [0.1, 0.15) is 5.69 Å². The molecular formula is C19H25N3O2. The predicted molar refractivity (Wildman–Crippen MR) is 96.3 cm³/mol. The quantitative estimate of drug-likeness (QED) is 0.885. The monoisotopic (exact) mass is 327 g/mol. The van der Waals surface area contributed by atoms with Crippen LogP contribution in [0.1, 0.15) is 30.8 Å². The van der Waals surface area contributed by atoms with Crippen molar-refractivity contribution < 1.29 is 4.79 Å². The first-order valence-electron chi connectivity index (χ1n) is 8.65. The normalized spacial score (nSPS) is 18.4. The third kappa shape index (κ3) is 3.85. The molecule has 0 radical (unpaired) electrons. The highest BCUT2D eigenvalue weighted by atomic mass is 16.2. The Kier molecular flexibility index (Phi) is 5.00. The van der Waals surface area contributed by atoms with Gasteiger partial charge >= 0.3 is 0 Å². The van der Waals surface area contributed by atoms with E-state index in [1.165, 1.54) is 6.07 Å². The van der Waals surface area contributed by atoms with Crippen LogP contribution in [0.2, 0.25) is 0 Å². The summed E-state index contributed by atoms with van der Waals surface area (Å²) in [5, 5.41) is 3.58. The smallest absolute Gasteiger partial charge is 0.267 e. The molecule has 1 saturated heterocycles. The second-order valence-corrected chi connectivity index (χ2v) is 7.11. The summed E-state index contributed by atoms with van der Waals surface area (Å²) in [4.78, 5) is 30.0. The van der Waals surface area contributed by atoms with Crippen LogP contribution in [-0.2, 0) is 0 Å². The van der Waals surface area contributed by atoms with Crippen LogP contribution in [0.25, 0.3) is 10.9 Å². The lowest BCUT2D eigenvalue weighted by molar-refractivity contribution is 0.0942. The number of nitrogens with zero attached hydrogens (tertiary/aromatic N) is 1. The average Bonchev–Trinajstić information content (AvgIpc) is 2.99. The molecule has 1 unspecified atom stereocenters. The van der Waals surface area contributed by atoms with E-state index < -0.39 is 0 Å². The fraction of sp³-hybridized carbons (Fsp3) is 0.474. The van der Waals surface area contributed by atoms with Gasteiger partial charge in [-0.2, -0.15) is 0 Å². The summed E-state index contributed by atoms with van der Waals surface area (Å²) in [5.41, 5.74) is 0.897. The van der Waals surface area contributed by atoms with E-state index in [0.717, 1.165) is 26.1 Å². The van der Waals surface area contributed by atoms with Crippen molar-refractivity contribution in [1.29, 1.82) is 0 Å². The Morgan fingerprint density at radius 1 is 1.38 bits per heavy atom. The standard InChI is InChI=1S/C19H25N3O2/c1-13(2)11-22-8-7-14(12-22)10-20-19(24)17-9-18(23)15-5-3-4-6-16(15)21-17/h3-6,9,13-14H,7-8,10-12H2,1-2H3,(H,20,24)(H,21,23). The summed E-state index contributed by atoms with van der Waals surface area (Å²) in [6.07, 6.45) is 1.11. The molecule has 1 amide bonds. The van der Waals surface area contributed by atoms with E-state index in [2.05, 4.69) is 29.0 Å². The Morgan fingerprint density at radius 3 is 2.96 bits per heavy atom. The molecular weight excluding hydrogens is 302 g/mol. The van der Waals surface area contributed by atoms with Crippen molar-refractivity contribution >= 4 is 16.8 Å². The molecule has 1 aliphatic rings. The van der Waals surface area contributed by atoms with Crippen LogP contribution < -0.4 is 10.7 Å². The van der Waals surface area contributed by atoms with Crippen LogP contribution in [0, 0.1) is 11.8 Å². The van der Waals surface area contributed by atoms with E-state index in [0.29, 0.717) is 35.0 Å². The van der Waals surface area contributed by atoms with Gasteiger partial charge in [-0.05, 0) is 36.9 Å². The van der Waals surface area contributed by atoms with E-state index in [4.69, 9.17) is 0 Å². The highest BCUT2D eigenvalue weighted by molar-refractivity contribution is 5.94. The number of nitrogens with one attached hydrogen (secondary N) is 2. The van der Waals surface area contributed by atoms with Gasteiger partial charge in [0.15, 0.2) is 5.43 Å². The molecule has 1 aromatic heterocycles. The predicted octanol–water partition coefficient (Wildman–Crippen LogP) is 2.24. The molecule has 1 fully saturated rings. The number of para-hydroxylation sites is 1. The number of fused-ring (bicyclic) bond motifs is 1. The first-order chi connectivity index (χ1) is 11.5. The van der Waals surface area contributed by atoms with Crippen LogP contribution in [0.15, 0.2) is 35.1 Å². The van der Waals surface area contributed by atoms with Gasteiger partial charge in [-0.1, -0.05) is 26.0 Å². The Hall–Kier alpha value is -2.14. The molecule has 5 heteroatoms. The van der Waals surface area contributed by atoms with Crippen molar-refractivity contribution in [2.75, 3.05) is 26.2 Å². The third-order valence-corrected chi connectivity index (χ3v) is 4.53. The van der Waals surface area contributed by atoms with Crippen molar-refractivity contribution in [3.05, 3.63) is 46.2 Å². The van der Waals surface area contributed by atoms with E-state index in [-0.39, 0.29) is 11.3 Å². The molecule has 0 spiro atoms. The van der Waals surface area contributed by atoms with E-state index >= 15 is 0 Å². The molecule has 0 saturated carbocycles. The minimum absolute atomic E-state index is 0.126. The Labute approximate surface area is 142 Å². The number of amides is 1. The maximum absolute atomic E-state index is 12.4. The molecule has 1 atom stereocenters. The molecule has 1 aliphatic heterocycles. The minimum atomic E-state index is -0.208. The third-order valence-electron chi connectivity index (χ3n) is 4.53. The lowest BCUT2D eigenvalue weighted by atomic mass is 10.1. The van der Waals surface area contributed by atoms with Crippen molar-refractivity contribution in [2.45, 2.75) is 20.3 Å². The van der Waals surface area contributed by atoms with Crippen LogP contribution in [0.5, 0.6) is 0 Å². The number of carbonyl (C=O) groups excluding carboxylic acids is 1.